The number of nitrogens with one attached hydrogen (secondary N) is 2. The van der Waals surface area contributed by atoms with E-state index in [1.165, 1.54) is 0 Å². The summed E-state index contributed by atoms with van der Waals surface area (Å²) >= 11 is 0. The number of H-pyrrole nitrogens is 1. The number of rotatable bonds is 8. The molecule has 1 fully saturated rings. The number of hydrogen-bond acceptors (Lipinski definition) is 5. The number of likely N-dealkylation sites (N-methyl/N-ethyl adjacent to an activating group) is 1. The maximum atomic E-state index is 12.6. The minimum absolute atomic E-state index is 0.00565. The Morgan fingerprint density at radius 3 is 2.48 bits per heavy atom. The number of amides is 1. The number of aryl methyl sites for hydroxylation is 1. The molecule has 0 aromatic carbocycles. The lowest BCUT2D eigenvalue weighted by Gasteiger charge is -2.42. The van der Waals surface area contributed by atoms with Gasteiger partial charge in [0.25, 0.3) is 11.5 Å². The zero-order chi connectivity index (χ0) is 18.6. The van der Waals surface area contributed by atoms with E-state index in [1.54, 1.807) is 0 Å². The van der Waals surface area contributed by atoms with Gasteiger partial charge in [-0.25, -0.2) is 5.10 Å². The standard InChI is InChI=1S/C17H26N4O4/c1-4-12-13(5-2)19-20-17(25)15(12)16(24)18-10-7-11(8-10)21(6-3)9-14(22)23/h10-11H,4-9H2,1-3H3,(H,18,24)(H,20,25)(H,22,23). The zero-order valence-corrected chi connectivity index (χ0v) is 15.0. The van der Waals surface area contributed by atoms with Crippen molar-refractivity contribution in [2.24, 2.45) is 0 Å². The van der Waals surface area contributed by atoms with Crippen LogP contribution in [0.25, 0.3) is 0 Å². The van der Waals surface area contributed by atoms with Gasteiger partial charge in [0.05, 0.1) is 12.2 Å². The van der Waals surface area contributed by atoms with Crippen LogP contribution in [0.2, 0.25) is 0 Å². The third kappa shape index (κ3) is 4.25. The van der Waals surface area contributed by atoms with Gasteiger partial charge in [0.2, 0.25) is 0 Å². The number of aromatic amines is 1. The Hall–Kier alpha value is -2.22. The predicted octanol–water partition coefficient (Wildman–Crippen LogP) is 0.562. The molecule has 0 unspecified atom stereocenters. The van der Waals surface area contributed by atoms with Crippen LogP contribution < -0.4 is 10.9 Å². The average molecular weight is 350 g/mol. The van der Waals surface area contributed by atoms with Crippen molar-refractivity contribution in [3.05, 3.63) is 27.2 Å². The fourth-order valence-corrected chi connectivity index (χ4v) is 3.37. The lowest BCUT2D eigenvalue weighted by molar-refractivity contribution is -0.139. The molecule has 1 saturated carbocycles. The lowest BCUT2D eigenvalue weighted by atomic mass is 9.85. The van der Waals surface area contributed by atoms with Gasteiger partial charge >= 0.3 is 5.97 Å². The number of carboxylic acids is 1. The van der Waals surface area contributed by atoms with Gasteiger partial charge in [0.1, 0.15) is 5.56 Å². The van der Waals surface area contributed by atoms with Crippen molar-refractivity contribution in [1.82, 2.24) is 20.4 Å². The van der Waals surface area contributed by atoms with Crippen molar-refractivity contribution >= 4 is 11.9 Å². The van der Waals surface area contributed by atoms with Crippen molar-refractivity contribution in [2.45, 2.75) is 58.5 Å². The number of nitrogens with zero attached hydrogens (tertiary/aromatic N) is 2. The fourth-order valence-electron chi connectivity index (χ4n) is 3.37. The molecule has 0 bridgehead atoms. The van der Waals surface area contributed by atoms with Gasteiger partial charge in [-0.15, -0.1) is 0 Å². The molecule has 1 amide bonds. The molecule has 25 heavy (non-hydrogen) atoms. The molecular weight excluding hydrogens is 324 g/mol. The highest BCUT2D eigenvalue weighted by Gasteiger charge is 2.35. The summed E-state index contributed by atoms with van der Waals surface area (Å²) in [6.45, 7) is 6.41. The van der Waals surface area contributed by atoms with Crippen molar-refractivity contribution in [3.8, 4) is 0 Å². The van der Waals surface area contributed by atoms with E-state index in [0.29, 0.717) is 37.8 Å². The number of hydrogen-bond donors (Lipinski definition) is 3. The van der Waals surface area contributed by atoms with Crippen LogP contribution in [0.3, 0.4) is 0 Å². The van der Waals surface area contributed by atoms with Crippen LogP contribution in [0.5, 0.6) is 0 Å². The normalized spacial score (nSPS) is 19.5. The molecular formula is C17H26N4O4. The van der Waals surface area contributed by atoms with Crippen LogP contribution in [0, 0.1) is 0 Å². The largest absolute Gasteiger partial charge is 0.480 e. The van der Waals surface area contributed by atoms with Crippen molar-refractivity contribution < 1.29 is 14.7 Å². The molecule has 0 spiro atoms. The molecule has 1 heterocycles. The fraction of sp³-hybridized carbons (Fsp3) is 0.647. The van der Waals surface area contributed by atoms with Gasteiger partial charge in [-0.2, -0.15) is 5.10 Å². The van der Waals surface area contributed by atoms with Gasteiger partial charge in [-0.3, -0.25) is 19.3 Å². The van der Waals surface area contributed by atoms with Crippen LogP contribution in [0.1, 0.15) is 55.2 Å². The Morgan fingerprint density at radius 2 is 1.96 bits per heavy atom. The molecule has 138 valence electrons. The van der Waals surface area contributed by atoms with E-state index in [4.69, 9.17) is 5.11 Å². The number of carboxylic acid groups (broad SMARTS) is 1. The third-order valence-electron chi connectivity index (χ3n) is 4.79. The molecule has 3 N–H and O–H groups in total. The molecule has 1 aromatic rings. The van der Waals surface area contributed by atoms with E-state index >= 15 is 0 Å². The predicted molar refractivity (Wildman–Crippen MR) is 92.8 cm³/mol. The minimum atomic E-state index is -0.850. The van der Waals surface area contributed by atoms with Gasteiger partial charge in [0.15, 0.2) is 0 Å². The maximum absolute atomic E-state index is 12.6. The minimum Gasteiger partial charge on any atom is -0.480 e. The van der Waals surface area contributed by atoms with E-state index in [2.05, 4.69) is 15.5 Å². The molecule has 2 rings (SSSR count). The molecule has 1 aromatic heterocycles. The first-order valence-corrected chi connectivity index (χ1v) is 8.78. The topological polar surface area (TPSA) is 115 Å². The Kier molecular flexibility index (Phi) is 6.30. The molecule has 8 heteroatoms. The highest BCUT2D eigenvalue weighted by atomic mass is 16.4. The number of aliphatic carboxylic acids is 1. The van der Waals surface area contributed by atoms with Crippen LogP contribution in [-0.4, -0.2) is 57.3 Å². The molecule has 1 aliphatic carbocycles. The summed E-state index contributed by atoms with van der Waals surface area (Å²) in [5, 5.41) is 18.2. The van der Waals surface area contributed by atoms with Gasteiger partial charge in [-0.1, -0.05) is 20.8 Å². The zero-order valence-electron chi connectivity index (χ0n) is 15.0. The summed E-state index contributed by atoms with van der Waals surface area (Å²) in [5.41, 5.74) is 1.11. The van der Waals surface area contributed by atoms with Crippen LogP contribution in [-0.2, 0) is 17.6 Å². The Morgan fingerprint density at radius 1 is 1.28 bits per heavy atom. The second-order valence-corrected chi connectivity index (χ2v) is 6.31. The number of aromatic nitrogens is 2. The average Bonchev–Trinajstić information content (AvgIpc) is 2.54. The monoisotopic (exact) mass is 350 g/mol. The van der Waals surface area contributed by atoms with Crippen molar-refractivity contribution in [2.75, 3.05) is 13.1 Å². The van der Waals surface area contributed by atoms with Crippen LogP contribution in [0.4, 0.5) is 0 Å². The molecule has 8 nitrogen and oxygen atoms in total. The molecule has 0 aliphatic heterocycles. The van der Waals surface area contributed by atoms with E-state index in [1.807, 2.05) is 25.7 Å². The first kappa shape index (κ1) is 19.1. The first-order valence-electron chi connectivity index (χ1n) is 8.78. The van der Waals surface area contributed by atoms with Gasteiger partial charge in [0, 0.05) is 12.1 Å². The van der Waals surface area contributed by atoms with Gasteiger partial charge < -0.3 is 10.4 Å². The van der Waals surface area contributed by atoms with Crippen molar-refractivity contribution in [1.29, 1.82) is 0 Å². The molecule has 0 saturated heterocycles. The summed E-state index contributed by atoms with van der Waals surface area (Å²) < 4.78 is 0. The quantitative estimate of drug-likeness (QED) is 0.631. The van der Waals surface area contributed by atoms with E-state index in [9.17, 15) is 14.4 Å². The number of carbonyl (C=O) groups excluding carboxylic acids is 1. The Balaban J connectivity index is 2.03. The maximum Gasteiger partial charge on any atom is 0.317 e. The third-order valence-corrected chi connectivity index (χ3v) is 4.79. The van der Waals surface area contributed by atoms with E-state index in [0.717, 1.165) is 5.69 Å². The van der Waals surface area contributed by atoms with Crippen LogP contribution >= 0.6 is 0 Å². The molecule has 1 aliphatic rings. The second kappa shape index (κ2) is 8.24. The van der Waals surface area contributed by atoms with Crippen LogP contribution in [0.15, 0.2) is 4.79 Å². The molecule has 0 radical (unpaired) electrons. The Bertz CT molecular complexity index is 694. The van der Waals surface area contributed by atoms with E-state index < -0.39 is 11.5 Å². The second-order valence-electron chi connectivity index (χ2n) is 6.31. The summed E-state index contributed by atoms with van der Waals surface area (Å²) in [5.74, 6) is -1.22. The summed E-state index contributed by atoms with van der Waals surface area (Å²) in [4.78, 5) is 37.4. The van der Waals surface area contributed by atoms with E-state index in [-0.39, 0.29) is 30.1 Å². The molecule has 0 atom stereocenters. The highest BCUT2D eigenvalue weighted by molar-refractivity contribution is 5.95. The summed E-state index contributed by atoms with van der Waals surface area (Å²) in [6, 6.07) is 0.113. The Labute approximate surface area is 146 Å². The smallest absolute Gasteiger partial charge is 0.317 e. The SMILES string of the molecule is CCc1n[nH]c(=O)c(C(=O)NC2CC(N(CC)CC(=O)O)C2)c1CC. The number of carbonyl (C=O) groups is 2. The van der Waals surface area contributed by atoms with Crippen molar-refractivity contribution in [3.63, 3.8) is 0 Å². The summed E-state index contributed by atoms with van der Waals surface area (Å²) in [6.07, 6.45) is 2.60. The first-order chi connectivity index (χ1) is 11.9. The van der Waals surface area contributed by atoms with Gasteiger partial charge in [-0.05, 0) is 37.8 Å². The lowest BCUT2D eigenvalue weighted by Crippen LogP contribution is -2.55. The highest BCUT2D eigenvalue weighted by Crippen LogP contribution is 2.26. The summed E-state index contributed by atoms with van der Waals surface area (Å²) in [7, 11) is 0.